The summed E-state index contributed by atoms with van der Waals surface area (Å²) in [5.41, 5.74) is 1.34. The Balaban J connectivity index is 1.83. The summed E-state index contributed by atoms with van der Waals surface area (Å²) < 4.78 is 34.0. The number of ketones is 1. The van der Waals surface area contributed by atoms with Crippen molar-refractivity contribution in [1.29, 1.82) is 0 Å². The van der Waals surface area contributed by atoms with E-state index in [1.54, 1.807) is 50.2 Å². The van der Waals surface area contributed by atoms with E-state index in [0.29, 0.717) is 17.7 Å². The third-order valence-corrected chi connectivity index (χ3v) is 3.85. The Kier molecular flexibility index (Phi) is 7.28. The van der Waals surface area contributed by atoms with Crippen LogP contribution < -0.4 is 14.8 Å². The Morgan fingerprint density at radius 1 is 1.00 bits per heavy atom. The first-order chi connectivity index (χ1) is 12.9. The van der Waals surface area contributed by atoms with Gasteiger partial charge in [-0.15, -0.1) is 0 Å². The predicted octanol–water partition coefficient (Wildman–Crippen LogP) is 4.14. The van der Waals surface area contributed by atoms with Crippen molar-refractivity contribution in [2.45, 2.75) is 32.9 Å². The van der Waals surface area contributed by atoms with Crippen LogP contribution in [0.4, 0.5) is 8.78 Å². The standard InChI is InChI=1S/C20H21F2NO4/c1-3-18(24)15-6-8-16(9-7-15)26-12-19(25)23-13(2)14-4-10-17(11-5-14)27-20(21)22/h4-11,13,20H,3,12H2,1-2H3,(H,23,25). The zero-order chi connectivity index (χ0) is 19.8. The summed E-state index contributed by atoms with van der Waals surface area (Å²) in [4.78, 5) is 23.6. The van der Waals surface area contributed by atoms with E-state index in [1.165, 1.54) is 12.1 Å². The maximum absolute atomic E-state index is 12.1. The fourth-order valence-electron chi connectivity index (χ4n) is 2.39. The molecule has 1 unspecified atom stereocenters. The lowest BCUT2D eigenvalue weighted by Crippen LogP contribution is -2.31. The third kappa shape index (κ3) is 6.36. The van der Waals surface area contributed by atoms with Gasteiger partial charge in [0.1, 0.15) is 11.5 Å². The average Bonchev–Trinajstić information content (AvgIpc) is 2.66. The van der Waals surface area contributed by atoms with E-state index >= 15 is 0 Å². The summed E-state index contributed by atoms with van der Waals surface area (Å²) >= 11 is 0. The first-order valence-corrected chi connectivity index (χ1v) is 8.49. The molecule has 0 saturated heterocycles. The summed E-state index contributed by atoms with van der Waals surface area (Å²) in [6.07, 6.45) is 0.426. The number of benzene rings is 2. The Hall–Kier alpha value is -2.96. The lowest BCUT2D eigenvalue weighted by atomic mass is 10.1. The molecule has 0 aliphatic rings. The van der Waals surface area contributed by atoms with Gasteiger partial charge in [0, 0.05) is 12.0 Å². The van der Waals surface area contributed by atoms with Crippen LogP contribution in [0.1, 0.15) is 42.2 Å². The van der Waals surface area contributed by atoms with E-state index in [-0.39, 0.29) is 30.1 Å². The number of carbonyl (C=O) groups excluding carboxylic acids is 2. The number of ether oxygens (including phenoxy) is 2. The van der Waals surface area contributed by atoms with Crippen molar-refractivity contribution in [3.8, 4) is 11.5 Å². The quantitative estimate of drug-likeness (QED) is 0.667. The van der Waals surface area contributed by atoms with Gasteiger partial charge in [0.25, 0.3) is 5.91 Å². The van der Waals surface area contributed by atoms with Gasteiger partial charge in [0.15, 0.2) is 12.4 Å². The van der Waals surface area contributed by atoms with E-state index < -0.39 is 6.61 Å². The fourth-order valence-corrected chi connectivity index (χ4v) is 2.39. The summed E-state index contributed by atoms with van der Waals surface area (Å²) in [5, 5.41) is 2.76. The van der Waals surface area contributed by atoms with Crippen LogP contribution in [0.5, 0.6) is 11.5 Å². The van der Waals surface area contributed by atoms with Gasteiger partial charge in [-0.2, -0.15) is 8.78 Å². The molecule has 144 valence electrons. The molecule has 2 aromatic rings. The Bertz CT molecular complexity index is 761. The molecule has 0 bridgehead atoms. The normalized spacial score (nSPS) is 11.7. The highest BCUT2D eigenvalue weighted by Gasteiger charge is 2.11. The van der Waals surface area contributed by atoms with Crippen LogP contribution in [-0.4, -0.2) is 24.9 Å². The van der Waals surface area contributed by atoms with E-state index in [1.807, 2.05) is 0 Å². The molecule has 5 nitrogen and oxygen atoms in total. The molecular weight excluding hydrogens is 356 g/mol. The molecule has 0 fully saturated rings. The smallest absolute Gasteiger partial charge is 0.387 e. The molecule has 2 aromatic carbocycles. The van der Waals surface area contributed by atoms with Crippen LogP contribution in [0.2, 0.25) is 0 Å². The molecule has 27 heavy (non-hydrogen) atoms. The lowest BCUT2D eigenvalue weighted by molar-refractivity contribution is -0.123. The molecule has 1 amide bonds. The van der Waals surface area contributed by atoms with Gasteiger partial charge in [-0.05, 0) is 48.9 Å². The second-order valence-electron chi connectivity index (χ2n) is 5.83. The van der Waals surface area contributed by atoms with Crippen molar-refractivity contribution < 1.29 is 27.8 Å². The zero-order valence-corrected chi connectivity index (χ0v) is 15.1. The molecule has 0 heterocycles. The maximum Gasteiger partial charge on any atom is 0.387 e. The molecule has 0 aliphatic carbocycles. The molecule has 7 heteroatoms. The molecule has 1 atom stereocenters. The van der Waals surface area contributed by atoms with Crippen molar-refractivity contribution in [3.05, 3.63) is 59.7 Å². The molecule has 0 spiro atoms. The van der Waals surface area contributed by atoms with Gasteiger partial charge >= 0.3 is 6.61 Å². The van der Waals surface area contributed by atoms with Crippen molar-refractivity contribution in [1.82, 2.24) is 5.32 Å². The zero-order valence-electron chi connectivity index (χ0n) is 15.1. The van der Waals surface area contributed by atoms with Crippen LogP contribution in [0, 0.1) is 0 Å². The van der Waals surface area contributed by atoms with Gasteiger partial charge in [0.05, 0.1) is 6.04 Å². The highest BCUT2D eigenvalue weighted by Crippen LogP contribution is 2.19. The van der Waals surface area contributed by atoms with Crippen LogP contribution in [0.3, 0.4) is 0 Å². The number of amides is 1. The molecule has 0 aliphatic heterocycles. The summed E-state index contributed by atoms with van der Waals surface area (Å²) in [7, 11) is 0. The number of rotatable bonds is 9. The number of hydrogen-bond acceptors (Lipinski definition) is 4. The Labute approximate surface area is 156 Å². The highest BCUT2D eigenvalue weighted by atomic mass is 19.3. The van der Waals surface area contributed by atoms with Crippen molar-refractivity contribution >= 4 is 11.7 Å². The van der Waals surface area contributed by atoms with Gasteiger partial charge in [-0.1, -0.05) is 19.1 Å². The monoisotopic (exact) mass is 377 g/mol. The van der Waals surface area contributed by atoms with Gasteiger partial charge in [-0.25, -0.2) is 0 Å². The number of nitrogens with one attached hydrogen (secondary N) is 1. The second-order valence-corrected chi connectivity index (χ2v) is 5.83. The molecule has 0 aromatic heterocycles. The third-order valence-electron chi connectivity index (χ3n) is 3.85. The molecule has 0 saturated carbocycles. The number of alkyl halides is 2. The van der Waals surface area contributed by atoms with Gasteiger partial charge in [0.2, 0.25) is 0 Å². The number of halogens is 2. The van der Waals surface area contributed by atoms with E-state index in [2.05, 4.69) is 10.1 Å². The average molecular weight is 377 g/mol. The van der Waals surface area contributed by atoms with Crippen molar-refractivity contribution in [3.63, 3.8) is 0 Å². The number of carbonyl (C=O) groups is 2. The van der Waals surface area contributed by atoms with Crippen LogP contribution >= 0.6 is 0 Å². The molecule has 2 rings (SSSR count). The summed E-state index contributed by atoms with van der Waals surface area (Å²) in [6.45, 7) is 0.501. The number of hydrogen-bond donors (Lipinski definition) is 1. The highest BCUT2D eigenvalue weighted by molar-refractivity contribution is 5.95. The molecule has 0 radical (unpaired) electrons. The Morgan fingerprint density at radius 3 is 2.15 bits per heavy atom. The molecular formula is C20H21F2NO4. The van der Waals surface area contributed by atoms with E-state index in [9.17, 15) is 18.4 Å². The number of Topliss-reactive ketones (excluding diaryl/α,β-unsaturated/α-hetero) is 1. The minimum atomic E-state index is -2.88. The minimum absolute atomic E-state index is 0.0399. The summed E-state index contributed by atoms with van der Waals surface area (Å²) in [6, 6.07) is 12.3. The largest absolute Gasteiger partial charge is 0.484 e. The second kappa shape index (κ2) is 9.66. The van der Waals surface area contributed by atoms with Gasteiger partial charge < -0.3 is 14.8 Å². The first-order valence-electron chi connectivity index (χ1n) is 8.49. The van der Waals surface area contributed by atoms with Crippen molar-refractivity contribution in [2.24, 2.45) is 0 Å². The fraction of sp³-hybridized carbons (Fsp3) is 0.300. The minimum Gasteiger partial charge on any atom is -0.484 e. The van der Waals surface area contributed by atoms with E-state index in [4.69, 9.17) is 4.74 Å². The maximum atomic E-state index is 12.1. The molecule has 1 N–H and O–H groups in total. The van der Waals surface area contributed by atoms with Crippen LogP contribution in [0.15, 0.2) is 48.5 Å². The SMILES string of the molecule is CCC(=O)c1ccc(OCC(=O)NC(C)c2ccc(OC(F)F)cc2)cc1. The van der Waals surface area contributed by atoms with Gasteiger partial charge in [-0.3, -0.25) is 9.59 Å². The van der Waals surface area contributed by atoms with E-state index in [0.717, 1.165) is 5.56 Å². The Morgan fingerprint density at radius 2 is 1.59 bits per heavy atom. The van der Waals surface area contributed by atoms with Crippen LogP contribution in [-0.2, 0) is 4.79 Å². The predicted molar refractivity (Wildman–Crippen MR) is 96.2 cm³/mol. The van der Waals surface area contributed by atoms with Crippen LogP contribution in [0.25, 0.3) is 0 Å². The van der Waals surface area contributed by atoms with Crippen molar-refractivity contribution in [2.75, 3.05) is 6.61 Å². The summed E-state index contributed by atoms with van der Waals surface area (Å²) in [5.74, 6) is 0.252. The first kappa shape index (κ1) is 20.4. The topological polar surface area (TPSA) is 64.6 Å². The lowest BCUT2D eigenvalue weighted by Gasteiger charge is -2.15.